The van der Waals surface area contributed by atoms with Crippen LogP contribution >= 0.6 is 0 Å². The first kappa shape index (κ1) is 19.5. The molecule has 0 unspecified atom stereocenters. The van der Waals surface area contributed by atoms with Gasteiger partial charge in [0, 0.05) is 13.0 Å². The zero-order valence-corrected chi connectivity index (χ0v) is 15.2. The van der Waals surface area contributed by atoms with Crippen LogP contribution in [0.3, 0.4) is 0 Å². The number of hydrogen-bond acceptors (Lipinski definition) is 4. The van der Waals surface area contributed by atoms with E-state index in [1.54, 1.807) is 13.8 Å². The molecule has 0 radical (unpaired) electrons. The summed E-state index contributed by atoms with van der Waals surface area (Å²) in [7, 11) is 0. The largest absolute Gasteiger partial charge is 0.483 e. The van der Waals surface area contributed by atoms with Crippen molar-refractivity contribution in [3.63, 3.8) is 0 Å². The van der Waals surface area contributed by atoms with Gasteiger partial charge in [0.05, 0.1) is 12.5 Å². The number of benzene rings is 2. The Bertz CT molecular complexity index is 713. The molecule has 0 atom stereocenters. The number of nitrogens with one attached hydrogen (secondary N) is 1. The minimum Gasteiger partial charge on any atom is -0.483 e. The molecule has 0 aromatic heterocycles. The van der Waals surface area contributed by atoms with Gasteiger partial charge in [0.25, 0.3) is 5.91 Å². The van der Waals surface area contributed by atoms with E-state index in [2.05, 4.69) is 17.4 Å². The van der Waals surface area contributed by atoms with Gasteiger partial charge in [-0.2, -0.15) is 0 Å². The topological polar surface area (TPSA) is 64.6 Å². The second-order valence-electron chi connectivity index (χ2n) is 6.20. The summed E-state index contributed by atoms with van der Waals surface area (Å²) < 4.78 is 10.7. The highest BCUT2D eigenvalue weighted by Gasteiger charge is 2.09. The molecule has 5 nitrogen and oxygen atoms in total. The van der Waals surface area contributed by atoms with E-state index < -0.39 is 0 Å². The maximum Gasteiger partial charge on any atom is 0.307 e. The second-order valence-corrected chi connectivity index (χ2v) is 6.20. The summed E-state index contributed by atoms with van der Waals surface area (Å²) in [5.74, 6) is 0.0945. The number of carbonyl (C=O) groups is 2. The lowest BCUT2D eigenvalue weighted by atomic mass is 10.0. The van der Waals surface area contributed by atoms with E-state index >= 15 is 0 Å². The molecule has 5 heteroatoms. The van der Waals surface area contributed by atoms with Crippen LogP contribution in [0.25, 0.3) is 0 Å². The molecule has 0 aliphatic heterocycles. The molecule has 26 heavy (non-hydrogen) atoms. The van der Waals surface area contributed by atoms with Crippen LogP contribution in [0.2, 0.25) is 0 Å². The summed E-state index contributed by atoms with van der Waals surface area (Å²) in [6, 6.07) is 17.8. The zero-order chi connectivity index (χ0) is 18.8. The molecule has 0 bridgehead atoms. The Hall–Kier alpha value is -2.82. The van der Waals surface area contributed by atoms with Gasteiger partial charge in [-0.05, 0) is 31.0 Å². The normalized spacial score (nSPS) is 10.4. The third-order valence-electron chi connectivity index (χ3n) is 3.59. The van der Waals surface area contributed by atoms with Gasteiger partial charge < -0.3 is 14.8 Å². The number of ether oxygens (including phenoxy) is 2. The van der Waals surface area contributed by atoms with E-state index in [0.717, 1.165) is 12.0 Å². The van der Waals surface area contributed by atoms with Crippen LogP contribution in [0.4, 0.5) is 0 Å². The lowest BCUT2D eigenvalue weighted by Gasteiger charge is -2.12. The van der Waals surface area contributed by atoms with Crippen molar-refractivity contribution in [1.82, 2.24) is 5.32 Å². The fourth-order valence-corrected chi connectivity index (χ4v) is 2.43. The van der Waals surface area contributed by atoms with E-state index in [1.807, 2.05) is 42.5 Å². The molecular formula is C21H25NO4. The Morgan fingerprint density at radius 3 is 2.42 bits per heavy atom. The first-order valence-electron chi connectivity index (χ1n) is 8.75. The molecule has 0 heterocycles. The van der Waals surface area contributed by atoms with Crippen LogP contribution in [0.5, 0.6) is 5.75 Å². The summed E-state index contributed by atoms with van der Waals surface area (Å²) in [6.45, 7) is 3.72. The van der Waals surface area contributed by atoms with Crippen molar-refractivity contribution in [2.75, 3.05) is 13.2 Å². The van der Waals surface area contributed by atoms with Crippen LogP contribution < -0.4 is 10.1 Å². The van der Waals surface area contributed by atoms with Crippen LogP contribution in [-0.4, -0.2) is 31.1 Å². The highest BCUT2D eigenvalue weighted by atomic mass is 16.5. The molecule has 0 fully saturated rings. The lowest BCUT2D eigenvalue weighted by Crippen LogP contribution is -2.31. The summed E-state index contributed by atoms with van der Waals surface area (Å²) >= 11 is 0. The van der Waals surface area contributed by atoms with Crippen molar-refractivity contribution in [2.24, 2.45) is 0 Å². The molecule has 138 valence electrons. The van der Waals surface area contributed by atoms with E-state index in [0.29, 0.717) is 5.75 Å². The molecule has 1 N–H and O–H groups in total. The molecule has 0 saturated carbocycles. The zero-order valence-electron chi connectivity index (χ0n) is 15.2. The number of para-hydroxylation sites is 1. The quantitative estimate of drug-likeness (QED) is 0.702. The fourth-order valence-electron chi connectivity index (χ4n) is 2.43. The van der Waals surface area contributed by atoms with Crippen molar-refractivity contribution >= 4 is 11.9 Å². The minimum atomic E-state index is -0.325. The minimum absolute atomic E-state index is 0.0922. The van der Waals surface area contributed by atoms with Gasteiger partial charge in [0.2, 0.25) is 0 Å². The van der Waals surface area contributed by atoms with E-state index in [9.17, 15) is 9.59 Å². The molecule has 0 aliphatic carbocycles. The standard InChI is InChI=1S/C21H25NO4/c1-16(2)26-21(24)12-13-22-20(23)15-25-19-11-7-6-10-18(19)14-17-8-4-3-5-9-17/h3-11,16H,12-15H2,1-2H3,(H,22,23). The smallest absolute Gasteiger partial charge is 0.307 e. The van der Waals surface area contributed by atoms with Crippen LogP contribution in [0, 0.1) is 0 Å². The van der Waals surface area contributed by atoms with Crippen molar-refractivity contribution < 1.29 is 19.1 Å². The van der Waals surface area contributed by atoms with E-state index in [-0.39, 0.29) is 37.6 Å². The number of rotatable bonds is 9. The lowest BCUT2D eigenvalue weighted by molar-refractivity contribution is -0.147. The Balaban J connectivity index is 1.80. The van der Waals surface area contributed by atoms with Crippen LogP contribution in [-0.2, 0) is 20.7 Å². The highest BCUT2D eigenvalue weighted by Crippen LogP contribution is 2.21. The average molecular weight is 355 g/mol. The van der Waals surface area contributed by atoms with Gasteiger partial charge >= 0.3 is 5.97 Å². The average Bonchev–Trinajstić information content (AvgIpc) is 2.61. The number of carbonyl (C=O) groups excluding carboxylic acids is 2. The number of amides is 1. The van der Waals surface area contributed by atoms with E-state index in [4.69, 9.17) is 9.47 Å². The number of hydrogen-bond donors (Lipinski definition) is 1. The van der Waals surface area contributed by atoms with Gasteiger partial charge in [-0.1, -0.05) is 48.5 Å². The van der Waals surface area contributed by atoms with E-state index in [1.165, 1.54) is 5.56 Å². The van der Waals surface area contributed by atoms with Crippen LogP contribution in [0.1, 0.15) is 31.4 Å². The molecule has 0 aliphatic rings. The monoisotopic (exact) mass is 355 g/mol. The summed E-state index contributed by atoms with van der Waals surface area (Å²) in [5, 5.41) is 2.66. The molecule has 2 aromatic rings. The van der Waals surface area contributed by atoms with Crippen molar-refractivity contribution in [3.05, 3.63) is 65.7 Å². The maximum absolute atomic E-state index is 11.9. The highest BCUT2D eigenvalue weighted by molar-refractivity contribution is 5.78. The van der Waals surface area contributed by atoms with Crippen molar-refractivity contribution in [2.45, 2.75) is 32.8 Å². The summed E-state index contributed by atoms with van der Waals surface area (Å²) in [4.78, 5) is 23.3. The Morgan fingerprint density at radius 1 is 1.00 bits per heavy atom. The first-order valence-corrected chi connectivity index (χ1v) is 8.75. The number of esters is 1. The molecule has 2 rings (SSSR count). The third kappa shape index (κ3) is 6.97. The first-order chi connectivity index (χ1) is 12.5. The fraction of sp³-hybridized carbons (Fsp3) is 0.333. The molecule has 0 spiro atoms. The van der Waals surface area contributed by atoms with Gasteiger partial charge in [-0.3, -0.25) is 9.59 Å². The van der Waals surface area contributed by atoms with Crippen molar-refractivity contribution in [1.29, 1.82) is 0 Å². The molecular weight excluding hydrogens is 330 g/mol. The van der Waals surface area contributed by atoms with Gasteiger partial charge in [0.15, 0.2) is 6.61 Å². The predicted octanol–water partition coefficient (Wildman–Crippen LogP) is 3.11. The molecule has 2 aromatic carbocycles. The summed E-state index contributed by atoms with van der Waals surface area (Å²) in [5.41, 5.74) is 2.20. The summed E-state index contributed by atoms with van der Waals surface area (Å²) in [6.07, 6.45) is 0.733. The predicted molar refractivity (Wildman–Crippen MR) is 100 cm³/mol. The van der Waals surface area contributed by atoms with Crippen LogP contribution in [0.15, 0.2) is 54.6 Å². The van der Waals surface area contributed by atoms with Crippen molar-refractivity contribution in [3.8, 4) is 5.75 Å². The molecule has 0 saturated heterocycles. The third-order valence-corrected chi connectivity index (χ3v) is 3.59. The SMILES string of the molecule is CC(C)OC(=O)CCNC(=O)COc1ccccc1Cc1ccccc1. The maximum atomic E-state index is 11.9. The Morgan fingerprint density at radius 2 is 1.69 bits per heavy atom. The van der Waals surface area contributed by atoms with Gasteiger partial charge in [-0.25, -0.2) is 0 Å². The second kappa shape index (κ2) is 10.2. The van der Waals surface area contributed by atoms with Gasteiger partial charge in [-0.15, -0.1) is 0 Å². The van der Waals surface area contributed by atoms with Gasteiger partial charge in [0.1, 0.15) is 5.75 Å². The molecule has 1 amide bonds. The Labute approximate surface area is 154 Å². The Kier molecular flexibility index (Phi) is 7.68.